The van der Waals surface area contributed by atoms with E-state index >= 15 is 0 Å². The first-order valence-electron chi connectivity index (χ1n) is 11.9. The number of halogens is 1. The van der Waals surface area contributed by atoms with Gasteiger partial charge < -0.3 is 19.4 Å². The summed E-state index contributed by atoms with van der Waals surface area (Å²) in [5.41, 5.74) is 2.47. The van der Waals surface area contributed by atoms with E-state index in [0.29, 0.717) is 33.1 Å². The molecule has 0 saturated carbocycles. The Morgan fingerprint density at radius 3 is 2.78 bits per heavy atom. The number of benzene rings is 1. The first-order chi connectivity index (χ1) is 17.4. The summed E-state index contributed by atoms with van der Waals surface area (Å²) in [6, 6.07) is 5.46. The van der Waals surface area contributed by atoms with Gasteiger partial charge in [-0.3, -0.25) is 4.79 Å². The van der Waals surface area contributed by atoms with Crippen molar-refractivity contribution >= 4 is 51.6 Å². The largest absolute Gasteiger partial charge is 0.485 e. The van der Waals surface area contributed by atoms with Crippen LogP contribution in [0.15, 0.2) is 23.4 Å². The molecule has 1 aliphatic rings. The lowest BCUT2D eigenvalue weighted by atomic mass is 10.1. The van der Waals surface area contributed by atoms with Crippen LogP contribution in [-0.4, -0.2) is 39.5 Å². The maximum absolute atomic E-state index is 12.8. The summed E-state index contributed by atoms with van der Waals surface area (Å²) in [6.07, 6.45) is 5.03. The molecular formula is C25H29ClN4O4S2. The van der Waals surface area contributed by atoms with Crippen LogP contribution in [0.4, 0.5) is 5.00 Å². The molecule has 0 bridgehead atoms. The number of nitrogens with one attached hydrogen (secondary N) is 1. The van der Waals surface area contributed by atoms with E-state index in [1.54, 1.807) is 6.07 Å². The van der Waals surface area contributed by atoms with Crippen molar-refractivity contribution in [2.75, 3.05) is 18.2 Å². The molecular weight excluding hydrogens is 520 g/mol. The van der Waals surface area contributed by atoms with E-state index in [4.69, 9.17) is 21.1 Å². The number of carbonyl (C=O) groups is 2. The summed E-state index contributed by atoms with van der Waals surface area (Å²) in [5, 5.41) is 13.3. The molecule has 192 valence electrons. The van der Waals surface area contributed by atoms with Crippen molar-refractivity contribution in [3.63, 3.8) is 0 Å². The molecule has 8 nitrogen and oxygen atoms in total. The minimum absolute atomic E-state index is 0.137. The zero-order valence-corrected chi connectivity index (χ0v) is 22.9. The van der Waals surface area contributed by atoms with Gasteiger partial charge in [-0.05, 0) is 68.9 Å². The summed E-state index contributed by atoms with van der Waals surface area (Å²) >= 11 is 8.81. The number of nitrogens with zero attached hydrogens (tertiary/aromatic N) is 3. The third-order valence-electron chi connectivity index (χ3n) is 6.00. The Balaban J connectivity index is 1.41. The zero-order valence-electron chi connectivity index (χ0n) is 20.6. The smallest absolute Gasteiger partial charge is 0.341 e. The molecule has 2 heterocycles. The lowest BCUT2D eigenvalue weighted by Crippen LogP contribution is -2.17. The molecule has 0 unspecified atom stereocenters. The van der Waals surface area contributed by atoms with Crippen LogP contribution in [0.2, 0.25) is 5.02 Å². The highest BCUT2D eigenvalue weighted by Crippen LogP contribution is 2.38. The minimum atomic E-state index is -0.399. The highest BCUT2D eigenvalue weighted by atomic mass is 35.5. The van der Waals surface area contributed by atoms with Gasteiger partial charge in [0.25, 0.3) is 0 Å². The average molecular weight is 549 g/mol. The van der Waals surface area contributed by atoms with E-state index in [1.807, 2.05) is 30.5 Å². The van der Waals surface area contributed by atoms with Crippen molar-refractivity contribution < 1.29 is 19.1 Å². The molecule has 36 heavy (non-hydrogen) atoms. The molecule has 1 aromatic carbocycles. The van der Waals surface area contributed by atoms with Gasteiger partial charge in [-0.1, -0.05) is 29.8 Å². The summed E-state index contributed by atoms with van der Waals surface area (Å²) < 4.78 is 12.9. The first-order valence-corrected chi connectivity index (χ1v) is 14.1. The van der Waals surface area contributed by atoms with Gasteiger partial charge in [-0.15, -0.1) is 21.5 Å². The molecule has 0 atom stereocenters. The fourth-order valence-corrected chi connectivity index (χ4v) is 6.55. The summed E-state index contributed by atoms with van der Waals surface area (Å²) in [7, 11) is 1.37. The Hall–Kier alpha value is -2.56. The number of rotatable bonds is 9. The quantitative estimate of drug-likeness (QED) is 0.208. The molecule has 1 aliphatic carbocycles. The van der Waals surface area contributed by atoms with Crippen molar-refractivity contribution in [1.29, 1.82) is 0 Å². The third-order valence-corrected chi connectivity index (χ3v) is 8.41. The van der Waals surface area contributed by atoms with Crippen LogP contribution in [0, 0.1) is 6.92 Å². The predicted molar refractivity (Wildman–Crippen MR) is 142 cm³/mol. The minimum Gasteiger partial charge on any atom is -0.485 e. The molecule has 1 amide bonds. The fraction of sp³-hybridized carbons (Fsp3) is 0.440. The molecule has 4 rings (SSSR count). The van der Waals surface area contributed by atoms with Crippen LogP contribution in [0.1, 0.15) is 58.4 Å². The average Bonchev–Trinajstić information content (AvgIpc) is 3.33. The SMILES string of the molecule is CCn1c(COc2ccc(Cl)cc2C)nnc1SCC(=O)Nc1sc2c(c1C(=O)OC)CCCCC2. The van der Waals surface area contributed by atoms with Gasteiger partial charge in [0.05, 0.1) is 18.4 Å². The number of hydrogen-bond donors (Lipinski definition) is 1. The van der Waals surface area contributed by atoms with Crippen molar-refractivity contribution in [2.24, 2.45) is 0 Å². The Labute approximate surface area is 223 Å². The van der Waals surface area contributed by atoms with Crippen molar-refractivity contribution in [3.8, 4) is 5.75 Å². The van der Waals surface area contributed by atoms with Crippen molar-refractivity contribution in [1.82, 2.24) is 14.8 Å². The summed E-state index contributed by atoms with van der Waals surface area (Å²) in [6.45, 7) is 4.81. The Morgan fingerprint density at radius 2 is 2.03 bits per heavy atom. The highest BCUT2D eigenvalue weighted by molar-refractivity contribution is 7.99. The van der Waals surface area contributed by atoms with E-state index in [9.17, 15) is 9.59 Å². The van der Waals surface area contributed by atoms with Crippen molar-refractivity contribution in [3.05, 3.63) is 50.6 Å². The second-order valence-corrected chi connectivity index (χ2v) is 10.9. The number of carbonyl (C=O) groups excluding carboxylic acids is 2. The Bertz CT molecular complexity index is 1260. The number of hydrogen-bond acceptors (Lipinski definition) is 8. The second kappa shape index (κ2) is 12.1. The van der Waals surface area contributed by atoms with Gasteiger partial charge in [-0.25, -0.2) is 4.79 Å². The number of fused-ring (bicyclic) bond motifs is 1. The number of aryl methyl sites for hydroxylation is 2. The standard InChI is InChI=1S/C25H29ClN4O4S2/c1-4-30-20(13-34-18-11-10-16(26)12-15(18)2)28-29-25(30)35-14-21(31)27-23-22(24(32)33-3)17-8-6-5-7-9-19(17)36-23/h10-12H,4-9,13-14H2,1-3H3,(H,27,31). The molecule has 11 heteroatoms. The number of thioether (sulfide) groups is 1. The Morgan fingerprint density at radius 1 is 1.22 bits per heavy atom. The number of ether oxygens (including phenoxy) is 2. The molecule has 0 fully saturated rings. The van der Waals surface area contributed by atoms with E-state index in [-0.39, 0.29) is 18.3 Å². The van der Waals surface area contributed by atoms with Crippen LogP contribution < -0.4 is 10.1 Å². The van der Waals surface area contributed by atoms with Crippen LogP contribution >= 0.6 is 34.7 Å². The van der Waals surface area contributed by atoms with Gasteiger partial charge in [-0.2, -0.15) is 0 Å². The molecule has 2 aromatic heterocycles. The van der Waals surface area contributed by atoms with Gasteiger partial charge in [0.15, 0.2) is 11.0 Å². The summed E-state index contributed by atoms with van der Waals surface area (Å²) in [5.74, 6) is 0.933. The number of thiophene rings is 1. The zero-order chi connectivity index (χ0) is 25.7. The molecule has 0 saturated heterocycles. The second-order valence-electron chi connectivity index (χ2n) is 8.44. The molecule has 1 N–H and O–H groups in total. The van der Waals surface area contributed by atoms with E-state index in [2.05, 4.69) is 15.5 Å². The number of aromatic nitrogens is 3. The first kappa shape index (κ1) is 26.5. The van der Waals surface area contributed by atoms with Crippen LogP contribution in [0.3, 0.4) is 0 Å². The predicted octanol–water partition coefficient (Wildman–Crippen LogP) is 5.69. The lowest BCUT2D eigenvalue weighted by molar-refractivity contribution is -0.113. The molecule has 0 spiro atoms. The number of anilines is 1. The molecule has 0 aliphatic heterocycles. The van der Waals surface area contributed by atoms with E-state index < -0.39 is 5.97 Å². The molecule has 0 radical (unpaired) electrons. The topological polar surface area (TPSA) is 95.3 Å². The Kier molecular flexibility index (Phi) is 8.92. The van der Waals surface area contributed by atoms with Gasteiger partial charge >= 0.3 is 5.97 Å². The monoisotopic (exact) mass is 548 g/mol. The normalized spacial score (nSPS) is 13.1. The lowest BCUT2D eigenvalue weighted by Gasteiger charge is -2.11. The van der Waals surface area contributed by atoms with Crippen LogP contribution in [-0.2, 0) is 35.5 Å². The number of esters is 1. The maximum Gasteiger partial charge on any atom is 0.341 e. The van der Waals surface area contributed by atoms with E-state index in [0.717, 1.165) is 49.0 Å². The van der Waals surface area contributed by atoms with Gasteiger partial charge in [0.1, 0.15) is 17.4 Å². The van der Waals surface area contributed by atoms with Crippen LogP contribution in [0.5, 0.6) is 5.75 Å². The van der Waals surface area contributed by atoms with Gasteiger partial charge in [0.2, 0.25) is 5.91 Å². The molecule has 3 aromatic rings. The van der Waals surface area contributed by atoms with E-state index in [1.165, 1.54) is 35.1 Å². The highest BCUT2D eigenvalue weighted by Gasteiger charge is 2.26. The van der Waals surface area contributed by atoms with Crippen LogP contribution in [0.25, 0.3) is 0 Å². The van der Waals surface area contributed by atoms with Crippen molar-refractivity contribution in [2.45, 2.75) is 64.3 Å². The summed E-state index contributed by atoms with van der Waals surface area (Å²) in [4.78, 5) is 26.5. The fourth-order valence-electron chi connectivity index (χ4n) is 4.21. The number of amides is 1. The van der Waals surface area contributed by atoms with Gasteiger partial charge in [0, 0.05) is 16.4 Å². The maximum atomic E-state index is 12.8. The number of methoxy groups -OCH3 is 1. The third kappa shape index (κ3) is 6.04.